The number of alkyl halides is 12. The highest BCUT2D eigenvalue weighted by Gasteiger charge is 2.82. The molecule has 0 fully saturated rings. The minimum absolute atomic E-state index is 0.00257. The average Bonchev–Trinajstić information content (AvgIpc) is 1.53. The van der Waals surface area contributed by atoms with Crippen LogP contribution in [0, 0.1) is 0 Å². The number of allylic oxidation sites excluding steroid dienone is 4. The van der Waals surface area contributed by atoms with Gasteiger partial charge in [0.25, 0.3) is 0 Å². The molecular formula is C66H36BrF13S13. The molecule has 0 unspecified atom stereocenters. The first-order chi connectivity index (χ1) is 44.5. The number of hydrogen-bond donors (Lipinski definition) is 0. The number of benzene rings is 4. The summed E-state index contributed by atoms with van der Waals surface area (Å²) >= 11 is 23.7. The fourth-order valence-electron chi connectivity index (χ4n) is 9.96. The van der Waals surface area contributed by atoms with Crippen molar-refractivity contribution in [2.45, 2.75) is 35.5 Å². The van der Waals surface area contributed by atoms with Gasteiger partial charge in [0.05, 0.1) is 15.3 Å². The first-order valence-corrected chi connectivity index (χ1v) is 39.6. The Morgan fingerprint density at radius 2 is 0.624 bits per heavy atom. The van der Waals surface area contributed by atoms with E-state index in [1.807, 2.05) is 11.3 Å². The molecule has 2 aliphatic rings. The molecule has 0 amide bonds. The first-order valence-electron chi connectivity index (χ1n) is 26.7. The van der Waals surface area contributed by atoms with E-state index in [-0.39, 0.29) is 25.8 Å². The van der Waals surface area contributed by atoms with Crippen LogP contribution in [0.5, 0.6) is 0 Å². The van der Waals surface area contributed by atoms with Gasteiger partial charge in [-0.15, -0.1) is 90.7 Å². The predicted octanol–water partition coefficient (Wildman–Crippen LogP) is 26.1. The molecule has 8 aromatic heterocycles. The molecule has 0 nitrogen and oxygen atoms in total. The van der Waals surface area contributed by atoms with Crippen LogP contribution in [0.3, 0.4) is 0 Å². The SMILES string of the molecule is Brc1cc(-c2cccs2)sc1-c1cccs1.FC1(F)C(c2cc(-c3ccccc3)sc2-c2ccccc2)=C(c2cc(-c3cccs3)sc2-c2cccs2)C(F)(F)C1(F)F.FC1=C(c2cc(-c3ccccc3)sc2-c2ccccc2)C(F)(F)C(F)(F)C1(F)F.S=S=S=S=S. The Labute approximate surface area is 582 Å². The molecule has 93 heavy (non-hydrogen) atoms. The van der Waals surface area contributed by atoms with Crippen molar-refractivity contribution in [3.05, 3.63) is 243 Å². The van der Waals surface area contributed by atoms with Crippen LogP contribution in [0.25, 0.3) is 97.5 Å². The zero-order chi connectivity index (χ0) is 66.1. The summed E-state index contributed by atoms with van der Waals surface area (Å²) in [4.78, 5) is 8.46. The molecule has 0 bridgehead atoms. The number of halogens is 14. The lowest BCUT2D eigenvalue weighted by atomic mass is 9.93. The fraction of sp³-hybridized carbons (Fsp3) is 0.0909. The van der Waals surface area contributed by atoms with Gasteiger partial charge in [0.1, 0.15) is 0 Å². The zero-order valence-corrected chi connectivity index (χ0v) is 58.6. The van der Waals surface area contributed by atoms with Crippen molar-refractivity contribution in [2.75, 3.05) is 0 Å². The third-order valence-electron chi connectivity index (χ3n) is 14.2. The maximum absolute atomic E-state index is 16.1. The van der Waals surface area contributed by atoms with Crippen LogP contribution in [0.2, 0.25) is 0 Å². The van der Waals surface area contributed by atoms with E-state index in [2.05, 4.69) is 79.4 Å². The van der Waals surface area contributed by atoms with Gasteiger partial charge < -0.3 is 0 Å². The molecule has 0 saturated carbocycles. The van der Waals surface area contributed by atoms with Crippen molar-refractivity contribution >= 4 is 172 Å². The highest BCUT2D eigenvalue weighted by atomic mass is 79.9. The van der Waals surface area contributed by atoms with Crippen molar-refractivity contribution in [3.8, 4) is 80.8 Å². The lowest BCUT2D eigenvalue weighted by molar-refractivity contribution is -0.263. The van der Waals surface area contributed by atoms with Gasteiger partial charge in [0.2, 0.25) is 0 Å². The van der Waals surface area contributed by atoms with Crippen LogP contribution in [0.4, 0.5) is 57.1 Å². The van der Waals surface area contributed by atoms with Crippen LogP contribution in [-0.4, -0.2) is 35.5 Å². The summed E-state index contributed by atoms with van der Waals surface area (Å²) in [5.41, 5.74) is -3.93. The topological polar surface area (TPSA) is 0 Å². The van der Waals surface area contributed by atoms with E-state index in [0.717, 1.165) is 45.0 Å². The molecule has 0 radical (unpaired) electrons. The minimum Gasteiger partial charge on any atom is -0.204 e. The Kier molecular flexibility index (Phi) is 21.0. The second-order valence-corrected chi connectivity index (χ2v) is 34.0. The van der Waals surface area contributed by atoms with Gasteiger partial charge in [0.15, 0.2) is 5.83 Å². The molecule has 0 aliphatic heterocycles. The average molecular weight is 1570 g/mol. The Morgan fingerprint density at radius 1 is 0.312 bits per heavy atom. The van der Waals surface area contributed by atoms with E-state index >= 15 is 26.3 Å². The van der Waals surface area contributed by atoms with Crippen molar-refractivity contribution < 1.29 is 57.1 Å². The summed E-state index contributed by atoms with van der Waals surface area (Å²) in [6.45, 7) is 0. The molecule has 27 heteroatoms. The van der Waals surface area contributed by atoms with Crippen molar-refractivity contribution in [1.82, 2.24) is 0 Å². The lowest BCUT2D eigenvalue weighted by Gasteiger charge is -2.26. The fourth-order valence-corrected chi connectivity index (χ4v) is 21.6. The number of thiophene rings is 8. The van der Waals surface area contributed by atoms with Crippen molar-refractivity contribution in [1.29, 1.82) is 0 Å². The third-order valence-corrected chi connectivity index (χ3v) is 28.5. The van der Waals surface area contributed by atoms with Gasteiger partial charge in [-0.2, -0.15) is 52.7 Å². The van der Waals surface area contributed by atoms with E-state index < -0.39 is 63.6 Å². The molecule has 0 N–H and O–H groups in total. The van der Waals surface area contributed by atoms with Gasteiger partial charge in [-0.25, -0.2) is 4.39 Å². The van der Waals surface area contributed by atoms with Gasteiger partial charge >= 0.3 is 35.5 Å². The zero-order valence-electron chi connectivity index (χ0n) is 46.4. The predicted molar refractivity (Wildman–Crippen MR) is 381 cm³/mol. The Bertz CT molecular complexity index is 4730. The summed E-state index contributed by atoms with van der Waals surface area (Å²) in [7, 11) is 3.95. The van der Waals surface area contributed by atoms with E-state index in [1.165, 1.54) is 97.6 Å². The van der Waals surface area contributed by atoms with Crippen LogP contribution >= 0.6 is 107 Å². The van der Waals surface area contributed by atoms with E-state index in [4.69, 9.17) is 0 Å². The summed E-state index contributed by atoms with van der Waals surface area (Å²) in [5.74, 6) is -35.6. The van der Waals surface area contributed by atoms with Crippen LogP contribution in [0.15, 0.2) is 226 Å². The molecule has 0 atom stereocenters. The van der Waals surface area contributed by atoms with Crippen molar-refractivity contribution in [2.24, 2.45) is 0 Å². The summed E-state index contributed by atoms with van der Waals surface area (Å²) in [5, 5.41) is 7.77. The molecular weight excluding hydrogens is 1540 g/mol. The molecule has 4 aromatic carbocycles. The number of rotatable bonds is 11. The largest absolute Gasteiger partial charge is 0.383 e. The Balaban J connectivity index is 0.000000151. The summed E-state index contributed by atoms with van der Waals surface area (Å²) < 4.78 is 195. The molecule has 8 heterocycles. The quantitative estimate of drug-likeness (QED) is 0.118. The van der Waals surface area contributed by atoms with Gasteiger partial charge in [-0.3, -0.25) is 0 Å². The normalized spacial score (nSPS) is 16.2. The third kappa shape index (κ3) is 13.2. The molecule has 476 valence electrons. The van der Waals surface area contributed by atoms with Crippen LogP contribution < -0.4 is 0 Å². The van der Waals surface area contributed by atoms with E-state index in [0.29, 0.717) is 41.8 Å². The van der Waals surface area contributed by atoms with Crippen LogP contribution in [-0.2, 0) is 49.0 Å². The Morgan fingerprint density at radius 3 is 0.989 bits per heavy atom. The maximum Gasteiger partial charge on any atom is 0.383 e. The minimum atomic E-state index is -5.87. The first kappa shape index (κ1) is 69.0. The number of hydrogen-bond acceptors (Lipinski definition) is 10. The van der Waals surface area contributed by atoms with Gasteiger partial charge in [0, 0.05) is 130 Å². The highest BCUT2D eigenvalue weighted by molar-refractivity contribution is 9.10. The molecule has 0 saturated heterocycles. The monoisotopic (exact) mass is 1570 g/mol. The van der Waals surface area contributed by atoms with E-state index in [9.17, 15) is 30.7 Å². The van der Waals surface area contributed by atoms with Crippen molar-refractivity contribution in [3.63, 3.8) is 0 Å². The van der Waals surface area contributed by atoms with Gasteiger partial charge in [-0.1, -0.05) is 146 Å². The second-order valence-electron chi connectivity index (χ2n) is 19.8. The molecule has 2 aliphatic carbocycles. The summed E-state index contributed by atoms with van der Waals surface area (Å²) in [6, 6.07) is 54.8. The second kappa shape index (κ2) is 28.4. The summed E-state index contributed by atoms with van der Waals surface area (Å²) in [6.07, 6.45) is 0. The molecule has 14 rings (SSSR count). The Hall–Kier alpha value is -5.37. The van der Waals surface area contributed by atoms with Crippen LogP contribution in [0.1, 0.15) is 16.7 Å². The lowest BCUT2D eigenvalue weighted by Crippen LogP contribution is -2.48. The standard InChI is InChI=1S/C33H18F6S4.C21H11F7S.C12H7BrS3.S5/c34-31(35)27(21-17-25(19-9-3-1-4-10-19)42-29(21)20-11-5-2-6-12-20)28(32(36,37)33(31,38)39)22-18-26(23-13-7-15-40-23)43-30(22)24-14-8-16-41-24;22-18-16(19(23,24)21(27,28)20(18,25)26)14-11-15(12-7-3-1-4-8-12)29-17(14)13-9-5-2-6-10-13;13-8-7-11(9-3-1-5-14-9)16-12(8)10-4-2-6-15-10;1-3-5-4-2/h1-18H;1-11H;1-7H;. The van der Waals surface area contributed by atoms with Gasteiger partial charge in [-0.05, 0) is 108 Å². The molecule has 0 spiro atoms. The molecule has 12 aromatic rings. The smallest absolute Gasteiger partial charge is 0.204 e. The highest BCUT2D eigenvalue weighted by Crippen LogP contribution is 2.68. The van der Waals surface area contributed by atoms with E-state index in [1.54, 1.807) is 167 Å². The maximum atomic E-state index is 16.1.